The van der Waals surface area contributed by atoms with Crippen LogP contribution in [0.3, 0.4) is 0 Å². The Morgan fingerprint density at radius 2 is 1.60 bits per heavy atom. The number of alkyl halides is 3. The number of halogens is 4. The molecular formula is C19H13ClF3N3O2S2. The summed E-state index contributed by atoms with van der Waals surface area (Å²) in [5.74, 6) is 0. The lowest BCUT2D eigenvalue weighted by atomic mass is 10.1. The van der Waals surface area contributed by atoms with Crippen molar-refractivity contribution in [2.45, 2.75) is 16.0 Å². The normalized spacial score (nSPS) is 12.7. The average Bonchev–Trinajstić information content (AvgIpc) is 3.08. The Morgan fingerprint density at radius 1 is 1.00 bits per heavy atom. The Morgan fingerprint density at radius 3 is 2.17 bits per heavy atom. The molecule has 0 saturated carbocycles. The SMILES string of the molecule is CSc1ccc2c(ccc3c(C(F)(F)F)nn(-c4ccc(S(N)(=O)=O)cc4)c32)c1Cl. The fourth-order valence-electron chi connectivity index (χ4n) is 3.29. The highest BCUT2D eigenvalue weighted by Gasteiger charge is 2.37. The van der Waals surface area contributed by atoms with Crippen LogP contribution in [0.5, 0.6) is 0 Å². The van der Waals surface area contributed by atoms with Gasteiger partial charge in [0.1, 0.15) is 0 Å². The van der Waals surface area contributed by atoms with E-state index in [4.69, 9.17) is 16.7 Å². The number of nitrogens with zero attached hydrogens (tertiary/aromatic N) is 2. The molecule has 0 spiro atoms. The zero-order valence-corrected chi connectivity index (χ0v) is 17.6. The molecule has 156 valence electrons. The Bertz CT molecular complexity index is 1400. The molecule has 4 rings (SSSR count). The van der Waals surface area contributed by atoms with Crippen molar-refractivity contribution in [2.24, 2.45) is 5.14 Å². The van der Waals surface area contributed by atoms with Crippen LogP contribution < -0.4 is 5.14 Å². The molecule has 4 aromatic rings. The molecule has 30 heavy (non-hydrogen) atoms. The van der Waals surface area contributed by atoms with Gasteiger partial charge in [0.15, 0.2) is 5.69 Å². The molecule has 0 aliphatic carbocycles. The number of rotatable bonds is 3. The molecule has 0 saturated heterocycles. The minimum atomic E-state index is -4.68. The van der Waals surface area contributed by atoms with E-state index in [0.717, 1.165) is 9.58 Å². The molecule has 0 bridgehead atoms. The van der Waals surface area contributed by atoms with Gasteiger partial charge in [-0.05, 0) is 42.7 Å². The number of hydrogen-bond acceptors (Lipinski definition) is 4. The fraction of sp³-hybridized carbons (Fsp3) is 0.105. The molecule has 0 amide bonds. The van der Waals surface area contributed by atoms with E-state index in [2.05, 4.69) is 5.10 Å². The maximum absolute atomic E-state index is 13.7. The third-order valence-electron chi connectivity index (χ3n) is 4.64. The van der Waals surface area contributed by atoms with Crippen molar-refractivity contribution in [2.75, 3.05) is 6.26 Å². The first-order valence-corrected chi connectivity index (χ1v) is 11.6. The number of benzene rings is 3. The van der Waals surface area contributed by atoms with Crippen molar-refractivity contribution in [3.8, 4) is 5.69 Å². The van der Waals surface area contributed by atoms with Crippen LogP contribution in [0.2, 0.25) is 5.02 Å². The van der Waals surface area contributed by atoms with Crippen molar-refractivity contribution < 1.29 is 21.6 Å². The number of sulfonamides is 1. The minimum absolute atomic E-state index is 0.0847. The summed E-state index contributed by atoms with van der Waals surface area (Å²) in [7, 11) is -3.94. The van der Waals surface area contributed by atoms with Crippen LogP contribution in [0.1, 0.15) is 5.69 Å². The van der Waals surface area contributed by atoms with Gasteiger partial charge < -0.3 is 0 Å². The summed E-state index contributed by atoms with van der Waals surface area (Å²) in [5, 5.41) is 10.3. The third kappa shape index (κ3) is 3.43. The van der Waals surface area contributed by atoms with Crippen LogP contribution >= 0.6 is 23.4 Å². The first-order valence-electron chi connectivity index (χ1n) is 8.41. The molecule has 0 unspecified atom stereocenters. The molecule has 1 aromatic heterocycles. The average molecular weight is 472 g/mol. The number of primary sulfonamides is 1. The fourth-order valence-corrected chi connectivity index (χ4v) is 4.76. The van der Waals surface area contributed by atoms with E-state index in [0.29, 0.717) is 15.8 Å². The first-order chi connectivity index (χ1) is 14.0. The summed E-state index contributed by atoms with van der Waals surface area (Å²) in [6.07, 6.45) is -2.83. The highest BCUT2D eigenvalue weighted by atomic mass is 35.5. The minimum Gasteiger partial charge on any atom is -0.232 e. The van der Waals surface area contributed by atoms with E-state index in [1.807, 2.05) is 6.26 Å². The molecular weight excluding hydrogens is 459 g/mol. The van der Waals surface area contributed by atoms with Gasteiger partial charge in [-0.3, -0.25) is 0 Å². The number of thioether (sulfide) groups is 1. The number of fused-ring (bicyclic) bond motifs is 3. The Kier molecular flexibility index (Phi) is 5.00. The van der Waals surface area contributed by atoms with Gasteiger partial charge in [0.2, 0.25) is 10.0 Å². The topological polar surface area (TPSA) is 78.0 Å². The number of hydrogen-bond donors (Lipinski definition) is 1. The van der Waals surface area contributed by atoms with Gasteiger partial charge in [-0.15, -0.1) is 11.8 Å². The predicted molar refractivity (Wildman–Crippen MR) is 112 cm³/mol. The second-order valence-electron chi connectivity index (χ2n) is 6.44. The zero-order valence-electron chi connectivity index (χ0n) is 15.2. The summed E-state index contributed by atoms with van der Waals surface area (Å²) in [6.45, 7) is 0. The molecule has 0 atom stereocenters. The highest BCUT2D eigenvalue weighted by molar-refractivity contribution is 7.98. The van der Waals surface area contributed by atoms with E-state index in [1.54, 1.807) is 18.2 Å². The monoisotopic (exact) mass is 471 g/mol. The van der Waals surface area contributed by atoms with Gasteiger partial charge in [0.05, 0.1) is 21.1 Å². The van der Waals surface area contributed by atoms with Gasteiger partial charge in [0.25, 0.3) is 0 Å². The molecule has 0 radical (unpaired) electrons. The molecule has 11 heteroatoms. The summed E-state index contributed by atoms with van der Waals surface area (Å²) < 4.78 is 65.1. The largest absolute Gasteiger partial charge is 0.435 e. The van der Waals surface area contributed by atoms with Gasteiger partial charge in [0, 0.05) is 21.1 Å². The Balaban J connectivity index is 2.09. The highest BCUT2D eigenvalue weighted by Crippen LogP contribution is 2.41. The van der Waals surface area contributed by atoms with Crippen molar-refractivity contribution in [1.82, 2.24) is 9.78 Å². The molecule has 0 aliphatic rings. The van der Waals surface area contributed by atoms with Crippen LogP contribution in [-0.2, 0) is 16.2 Å². The molecule has 5 nitrogen and oxygen atoms in total. The van der Waals surface area contributed by atoms with Crippen molar-refractivity contribution in [1.29, 1.82) is 0 Å². The van der Waals surface area contributed by atoms with E-state index in [1.165, 1.54) is 42.1 Å². The van der Waals surface area contributed by atoms with Crippen LogP contribution in [0.15, 0.2) is 58.3 Å². The van der Waals surface area contributed by atoms with Crippen molar-refractivity contribution >= 4 is 55.1 Å². The zero-order chi connectivity index (χ0) is 21.8. The second-order valence-corrected chi connectivity index (χ2v) is 9.22. The van der Waals surface area contributed by atoms with Crippen LogP contribution in [0, 0.1) is 0 Å². The van der Waals surface area contributed by atoms with E-state index < -0.39 is 21.9 Å². The maximum atomic E-state index is 13.7. The lowest BCUT2D eigenvalue weighted by Gasteiger charge is -2.10. The van der Waals surface area contributed by atoms with Gasteiger partial charge in [-0.1, -0.05) is 23.7 Å². The quantitative estimate of drug-likeness (QED) is 0.415. The standard InChI is InChI=1S/C19H13ClF3N3O2S2/c1-29-15-9-8-13-12(16(15)20)6-7-14-17(13)26(25-18(14)19(21,22)23)10-2-4-11(5-3-10)30(24,27)28/h2-9H,1H3,(H2,24,27,28). The first kappa shape index (κ1) is 21.0. The van der Waals surface area contributed by atoms with E-state index in [9.17, 15) is 21.6 Å². The van der Waals surface area contributed by atoms with Gasteiger partial charge in [-0.2, -0.15) is 18.3 Å². The van der Waals surface area contributed by atoms with Crippen molar-refractivity contribution in [3.63, 3.8) is 0 Å². The summed E-state index contributed by atoms with van der Waals surface area (Å²) in [4.78, 5) is 0.638. The lowest BCUT2D eigenvalue weighted by molar-refractivity contribution is -0.140. The number of nitrogens with two attached hydrogens (primary N) is 1. The molecule has 2 N–H and O–H groups in total. The van der Waals surface area contributed by atoms with Crippen LogP contribution in [0.25, 0.3) is 27.4 Å². The maximum Gasteiger partial charge on any atom is 0.435 e. The van der Waals surface area contributed by atoms with Gasteiger partial charge >= 0.3 is 6.18 Å². The smallest absolute Gasteiger partial charge is 0.232 e. The Hall–Kier alpha value is -2.27. The van der Waals surface area contributed by atoms with Crippen molar-refractivity contribution in [3.05, 3.63) is 59.2 Å². The molecule has 1 heterocycles. The summed E-state index contributed by atoms with van der Waals surface area (Å²) >= 11 is 7.88. The predicted octanol–water partition coefficient (Wildman–Crippen LogP) is 5.22. The molecule has 0 aliphatic heterocycles. The second kappa shape index (κ2) is 7.16. The molecule has 0 fully saturated rings. The van der Waals surface area contributed by atoms with Gasteiger partial charge in [-0.25, -0.2) is 18.2 Å². The van der Waals surface area contributed by atoms with E-state index >= 15 is 0 Å². The number of aromatic nitrogens is 2. The van der Waals surface area contributed by atoms with Crippen LogP contribution in [0.4, 0.5) is 13.2 Å². The molecule has 3 aromatic carbocycles. The van der Waals surface area contributed by atoms with Crippen LogP contribution in [-0.4, -0.2) is 24.5 Å². The summed E-state index contributed by atoms with van der Waals surface area (Å²) in [6, 6.07) is 11.5. The Labute approximate surface area is 178 Å². The van der Waals surface area contributed by atoms with E-state index in [-0.39, 0.29) is 21.5 Å². The lowest BCUT2D eigenvalue weighted by Crippen LogP contribution is -2.12. The summed E-state index contributed by atoms with van der Waals surface area (Å²) in [5.41, 5.74) is -0.571. The third-order valence-corrected chi connectivity index (χ3v) is 6.86.